The summed E-state index contributed by atoms with van der Waals surface area (Å²) in [6.45, 7) is 46.3. The SMILES string of the molecule is C.CC(C)(C)N1CC2CC(C2)C1.CC(C)(C)N1CCCCC1.CCN1CCN(C(C)(C)C)CC1.CN1CCN(C(C)(C)C)CC1. The van der Waals surface area contributed by atoms with Crippen LogP contribution in [0.4, 0.5) is 0 Å². The Labute approximate surface area is 284 Å². The van der Waals surface area contributed by atoms with E-state index in [0.717, 1.165) is 11.8 Å². The van der Waals surface area contributed by atoms with E-state index in [1.54, 1.807) is 0 Å². The first kappa shape index (κ1) is 42.8. The van der Waals surface area contributed by atoms with Gasteiger partial charge in [0.1, 0.15) is 0 Å². The van der Waals surface area contributed by atoms with Crippen molar-refractivity contribution in [3.05, 3.63) is 0 Å². The van der Waals surface area contributed by atoms with Crippen LogP contribution in [-0.2, 0) is 0 Å². The van der Waals surface area contributed by atoms with Crippen molar-refractivity contribution < 1.29 is 0 Å². The summed E-state index contributed by atoms with van der Waals surface area (Å²) in [7, 11) is 2.19. The van der Waals surface area contributed by atoms with Gasteiger partial charge in [0.2, 0.25) is 0 Å². The number of fused-ring (bicyclic) bond motifs is 2. The molecule has 0 atom stereocenters. The maximum atomic E-state index is 2.65. The molecule has 0 spiro atoms. The van der Waals surface area contributed by atoms with Gasteiger partial charge in [-0.15, -0.1) is 0 Å². The van der Waals surface area contributed by atoms with Crippen molar-refractivity contribution >= 4 is 0 Å². The molecule has 0 radical (unpaired) electrons. The van der Waals surface area contributed by atoms with Crippen molar-refractivity contribution in [3.63, 3.8) is 0 Å². The van der Waals surface area contributed by atoms with Gasteiger partial charge in [0.05, 0.1) is 0 Å². The smallest absolute Gasteiger partial charge is 0.0126 e. The van der Waals surface area contributed by atoms with Gasteiger partial charge in [-0.3, -0.25) is 19.6 Å². The predicted molar refractivity (Wildman–Crippen MR) is 202 cm³/mol. The molecule has 1 saturated carbocycles. The lowest BCUT2D eigenvalue weighted by atomic mass is 9.70. The van der Waals surface area contributed by atoms with Gasteiger partial charge in [-0.25, -0.2) is 0 Å². The Kier molecular flexibility index (Phi) is 17.6. The maximum absolute atomic E-state index is 2.65. The molecule has 0 amide bonds. The zero-order chi connectivity index (χ0) is 33.3. The highest BCUT2D eigenvalue weighted by molar-refractivity contribution is 4.93. The third kappa shape index (κ3) is 15.7. The predicted octanol–water partition coefficient (Wildman–Crippen LogP) is 7.49. The number of piperidine rings is 3. The van der Waals surface area contributed by atoms with Crippen LogP contribution in [0.3, 0.4) is 0 Å². The van der Waals surface area contributed by atoms with Gasteiger partial charge in [0.15, 0.2) is 0 Å². The summed E-state index contributed by atoms with van der Waals surface area (Å²) in [5, 5.41) is 0. The van der Waals surface area contributed by atoms with Crippen molar-refractivity contribution in [3.8, 4) is 0 Å². The van der Waals surface area contributed by atoms with E-state index in [9.17, 15) is 0 Å². The molecule has 0 aromatic rings. The topological polar surface area (TPSA) is 19.4 Å². The highest BCUT2D eigenvalue weighted by atomic mass is 15.3. The van der Waals surface area contributed by atoms with Crippen LogP contribution >= 0.6 is 0 Å². The number of piperazine rings is 2. The Bertz CT molecular complexity index is 747. The van der Waals surface area contributed by atoms with Crippen molar-refractivity contribution in [2.45, 2.75) is 152 Å². The van der Waals surface area contributed by atoms with E-state index in [-0.39, 0.29) is 7.43 Å². The molecule has 0 unspecified atom stereocenters. The second kappa shape index (κ2) is 18.5. The summed E-state index contributed by atoms with van der Waals surface area (Å²) in [4.78, 5) is 15.3. The summed E-state index contributed by atoms with van der Waals surface area (Å²) >= 11 is 0. The largest absolute Gasteiger partial charge is 0.304 e. The molecule has 6 fully saturated rings. The molecule has 0 aromatic carbocycles. The number of hydrogen-bond acceptors (Lipinski definition) is 6. The normalized spacial score (nSPS) is 26.5. The molecule has 5 aliphatic heterocycles. The van der Waals surface area contributed by atoms with Crippen LogP contribution in [0.25, 0.3) is 0 Å². The average Bonchev–Trinajstić information content (AvgIpc) is 2.93. The van der Waals surface area contributed by atoms with E-state index in [2.05, 4.69) is 126 Å². The molecule has 0 N–H and O–H groups in total. The zero-order valence-electron chi connectivity index (χ0n) is 32.6. The van der Waals surface area contributed by atoms with Crippen LogP contribution in [0, 0.1) is 11.8 Å². The quantitative estimate of drug-likeness (QED) is 0.295. The summed E-state index contributed by atoms with van der Waals surface area (Å²) in [5.41, 5.74) is 1.54. The summed E-state index contributed by atoms with van der Waals surface area (Å²) < 4.78 is 0. The fourth-order valence-corrected chi connectivity index (χ4v) is 7.19. The van der Waals surface area contributed by atoms with Crippen LogP contribution in [0.2, 0.25) is 0 Å². The number of likely N-dealkylation sites (N-methyl/N-ethyl adjacent to an activating group) is 2. The molecular formula is C39H84N6. The molecule has 6 rings (SSSR count). The van der Waals surface area contributed by atoms with Crippen molar-refractivity contribution in [1.29, 1.82) is 0 Å². The minimum absolute atomic E-state index is 0. The molecule has 0 aromatic heterocycles. The second-order valence-electron chi connectivity index (χ2n) is 18.6. The average molecular weight is 637 g/mol. The first-order chi connectivity index (χ1) is 20.2. The maximum Gasteiger partial charge on any atom is 0.0126 e. The van der Waals surface area contributed by atoms with Gasteiger partial charge in [-0.05, 0) is 147 Å². The Morgan fingerprint density at radius 2 is 0.778 bits per heavy atom. The van der Waals surface area contributed by atoms with E-state index >= 15 is 0 Å². The fourth-order valence-electron chi connectivity index (χ4n) is 7.19. The fraction of sp³-hybridized carbons (Fsp3) is 1.00. The Balaban J connectivity index is 0.000000298. The minimum Gasteiger partial charge on any atom is -0.304 e. The third-order valence-corrected chi connectivity index (χ3v) is 10.8. The molecule has 270 valence electrons. The standard InChI is InChI=1S/C10H22N2.C10H19N.C9H20N2.C9H19N.CH4/c1-5-11-6-8-12(9-7-11)10(2,3)4;1-10(2,3)11-6-8-4-9(5-8)7-11;1-9(2,3)11-7-5-10(4)6-8-11;1-9(2,3)10-7-5-4-6-8-10;/h5-9H2,1-4H3;8-9H,4-7H2,1-3H3;5-8H2,1-4H3;4-8H2,1-3H3;1H4. The summed E-state index contributed by atoms with van der Waals surface area (Å²) in [6.07, 6.45) is 7.28. The van der Waals surface area contributed by atoms with Gasteiger partial charge >= 0.3 is 0 Å². The van der Waals surface area contributed by atoms with Gasteiger partial charge in [0, 0.05) is 87.6 Å². The molecule has 6 heteroatoms. The molecule has 6 nitrogen and oxygen atoms in total. The van der Waals surface area contributed by atoms with Gasteiger partial charge < -0.3 is 9.80 Å². The Morgan fingerprint density at radius 3 is 1.07 bits per heavy atom. The molecule has 5 saturated heterocycles. The highest BCUT2D eigenvalue weighted by Crippen LogP contribution is 2.41. The zero-order valence-corrected chi connectivity index (χ0v) is 32.6. The van der Waals surface area contributed by atoms with E-state index in [4.69, 9.17) is 0 Å². The monoisotopic (exact) mass is 637 g/mol. The van der Waals surface area contributed by atoms with Gasteiger partial charge in [-0.2, -0.15) is 0 Å². The molecule has 2 bridgehead atoms. The van der Waals surface area contributed by atoms with Crippen molar-refractivity contribution in [2.75, 3.05) is 92.1 Å². The first-order valence-corrected chi connectivity index (χ1v) is 18.6. The van der Waals surface area contributed by atoms with E-state index in [0.29, 0.717) is 22.2 Å². The minimum atomic E-state index is 0. The Hall–Kier alpha value is -0.240. The molecule has 5 heterocycles. The highest BCUT2D eigenvalue weighted by Gasteiger charge is 2.40. The van der Waals surface area contributed by atoms with E-state index < -0.39 is 0 Å². The lowest BCUT2D eigenvalue weighted by molar-refractivity contribution is -0.0225. The number of nitrogens with zero attached hydrogens (tertiary/aromatic N) is 6. The van der Waals surface area contributed by atoms with Crippen LogP contribution in [0.15, 0.2) is 0 Å². The molecule has 45 heavy (non-hydrogen) atoms. The Morgan fingerprint density at radius 1 is 0.444 bits per heavy atom. The molecule has 6 aliphatic rings. The van der Waals surface area contributed by atoms with Gasteiger partial charge in [0.25, 0.3) is 0 Å². The number of likely N-dealkylation sites (tertiary alicyclic amines) is 1. The number of hydrogen-bond donors (Lipinski definition) is 0. The van der Waals surface area contributed by atoms with E-state index in [1.807, 2.05) is 0 Å². The lowest BCUT2D eigenvalue weighted by Gasteiger charge is -2.52. The van der Waals surface area contributed by atoms with Crippen molar-refractivity contribution in [2.24, 2.45) is 11.8 Å². The second-order valence-corrected chi connectivity index (χ2v) is 18.6. The van der Waals surface area contributed by atoms with Gasteiger partial charge in [-0.1, -0.05) is 20.8 Å². The summed E-state index contributed by atoms with van der Waals surface area (Å²) in [5.74, 6) is 2.10. The first-order valence-electron chi connectivity index (χ1n) is 18.6. The summed E-state index contributed by atoms with van der Waals surface area (Å²) in [6, 6.07) is 0. The van der Waals surface area contributed by atoms with E-state index in [1.165, 1.54) is 117 Å². The van der Waals surface area contributed by atoms with Crippen LogP contribution in [0.5, 0.6) is 0 Å². The molecular weight excluding hydrogens is 552 g/mol. The van der Waals surface area contributed by atoms with Crippen LogP contribution in [-0.4, -0.2) is 144 Å². The third-order valence-electron chi connectivity index (χ3n) is 10.8. The molecule has 1 aliphatic carbocycles. The lowest BCUT2D eigenvalue weighted by Crippen LogP contribution is -2.55. The van der Waals surface area contributed by atoms with Crippen LogP contribution in [0.1, 0.15) is 130 Å². The van der Waals surface area contributed by atoms with Crippen LogP contribution < -0.4 is 0 Å². The van der Waals surface area contributed by atoms with Crippen molar-refractivity contribution in [1.82, 2.24) is 29.4 Å². The number of rotatable bonds is 1.